The molecule has 6 heteroatoms. The van der Waals surface area contributed by atoms with Crippen molar-refractivity contribution in [1.29, 1.82) is 0 Å². The minimum absolute atomic E-state index is 0.119. The predicted molar refractivity (Wildman–Crippen MR) is 79.8 cm³/mol. The van der Waals surface area contributed by atoms with Crippen LogP contribution in [0.4, 0.5) is 0 Å². The first kappa shape index (κ1) is 15.5. The molecule has 6 nitrogen and oxygen atoms in total. The number of nitrogens with zero attached hydrogens (tertiary/aromatic N) is 3. The van der Waals surface area contributed by atoms with Crippen molar-refractivity contribution in [3.05, 3.63) is 41.2 Å². The average molecular weight is 290 g/mol. The Labute approximate surface area is 124 Å². The summed E-state index contributed by atoms with van der Waals surface area (Å²) in [6.45, 7) is 5.85. The molecular formula is C15H22N4O2. The van der Waals surface area contributed by atoms with E-state index in [0.29, 0.717) is 17.8 Å². The van der Waals surface area contributed by atoms with Gasteiger partial charge in [0.25, 0.3) is 0 Å². The molecular weight excluding hydrogens is 268 g/mol. The van der Waals surface area contributed by atoms with Crippen LogP contribution in [0.3, 0.4) is 0 Å². The van der Waals surface area contributed by atoms with Crippen molar-refractivity contribution in [3.8, 4) is 5.75 Å². The molecule has 0 spiro atoms. The van der Waals surface area contributed by atoms with Crippen LogP contribution in [0, 0.1) is 13.8 Å². The normalized spacial score (nSPS) is 11.0. The molecule has 0 radical (unpaired) electrons. The van der Waals surface area contributed by atoms with Crippen molar-refractivity contribution in [2.75, 3.05) is 6.54 Å². The van der Waals surface area contributed by atoms with Gasteiger partial charge in [0, 0.05) is 36.6 Å². The molecule has 0 bridgehead atoms. The van der Waals surface area contributed by atoms with E-state index in [4.69, 9.17) is 0 Å². The van der Waals surface area contributed by atoms with E-state index >= 15 is 0 Å². The van der Waals surface area contributed by atoms with Crippen LogP contribution in [-0.2, 0) is 19.7 Å². The highest BCUT2D eigenvalue weighted by molar-refractivity contribution is 5.40. The van der Waals surface area contributed by atoms with Crippen LogP contribution in [0.15, 0.2) is 18.7 Å². The van der Waals surface area contributed by atoms with Gasteiger partial charge in [-0.15, -0.1) is 0 Å². The quantitative estimate of drug-likeness (QED) is 0.669. The lowest BCUT2D eigenvalue weighted by Gasteiger charge is -2.12. The van der Waals surface area contributed by atoms with Crippen molar-refractivity contribution in [3.63, 3.8) is 0 Å². The molecule has 0 saturated carbocycles. The van der Waals surface area contributed by atoms with Crippen LogP contribution >= 0.6 is 0 Å². The van der Waals surface area contributed by atoms with Gasteiger partial charge in [-0.3, -0.25) is 4.98 Å². The number of pyridine rings is 1. The zero-order valence-corrected chi connectivity index (χ0v) is 12.5. The Hall–Kier alpha value is -1.92. The fraction of sp³-hybridized carbons (Fsp3) is 0.467. The third-order valence-electron chi connectivity index (χ3n) is 3.43. The first-order chi connectivity index (χ1) is 10.1. The van der Waals surface area contributed by atoms with Crippen LogP contribution in [-0.4, -0.2) is 31.3 Å². The summed E-state index contributed by atoms with van der Waals surface area (Å²) < 4.78 is 2.06. The molecule has 0 saturated heterocycles. The smallest absolute Gasteiger partial charge is 0.141 e. The summed E-state index contributed by atoms with van der Waals surface area (Å²) in [4.78, 5) is 8.23. The van der Waals surface area contributed by atoms with Crippen LogP contribution in [0.25, 0.3) is 0 Å². The number of aliphatic hydroxyl groups excluding tert-OH is 1. The lowest BCUT2D eigenvalue weighted by Crippen LogP contribution is -2.18. The molecule has 2 aromatic heterocycles. The second-order valence-corrected chi connectivity index (χ2v) is 5.14. The van der Waals surface area contributed by atoms with Gasteiger partial charge in [0.1, 0.15) is 5.75 Å². The zero-order valence-electron chi connectivity index (χ0n) is 12.5. The van der Waals surface area contributed by atoms with Crippen LogP contribution < -0.4 is 5.32 Å². The highest BCUT2D eigenvalue weighted by Gasteiger charge is 2.10. The maximum Gasteiger partial charge on any atom is 0.141 e. The van der Waals surface area contributed by atoms with E-state index in [9.17, 15) is 10.2 Å². The van der Waals surface area contributed by atoms with Crippen molar-refractivity contribution >= 4 is 0 Å². The number of hydrogen-bond acceptors (Lipinski definition) is 5. The van der Waals surface area contributed by atoms with Gasteiger partial charge in [0.05, 0.1) is 24.3 Å². The summed E-state index contributed by atoms with van der Waals surface area (Å²) in [5.74, 6) is 0.166. The Morgan fingerprint density at radius 1 is 1.29 bits per heavy atom. The first-order valence-electron chi connectivity index (χ1n) is 7.08. The molecule has 0 aliphatic heterocycles. The summed E-state index contributed by atoms with van der Waals surface area (Å²) in [5, 5.41) is 22.6. The van der Waals surface area contributed by atoms with Gasteiger partial charge in [-0.05, 0) is 26.8 Å². The molecule has 0 atom stereocenters. The second kappa shape index (κ2) is 7.19. The largest absolute Gasteiger partial charge is 0.506 e. The molecule has 114 valence electrons. The number of nitrogens with one attached hydrogen (secondary N) is 1. The van der Waals surface area contributed by atoms with Crippen molar-refractivity contribution in [2.24, 2.45) is 0 Å². The van der Waals surface area contributed by atoms with Gasteiger partial charge in [0.2, 0.25) is 0 Å². The topological polar surface area (TPSA) is 83.2 Å². The molecule has 2 rings (SSSR count). The molecule has 0 unspecified atom stereocenters. The Morgan fingerprint density at radius 3 is 2.76 bits per heavy atom. The molecule has 21 heavy (non-hydrogen) atoms. The highest BCUT2D eigenvalue weighted by atomic mass is 16.3. The lowest BCUT2D eigenvalue weighted by molar-refractivity contribution is 0.278. The molecule has 0 amide bonds. The number of aliphatic hydroxyl groups is 1. The zero-order chi connectivity index (χ0) is 15.2. The third-order valence-corrected chi connectivity index (χ3v) is 3.43. The average Bonchev–Trinajstić information content (AvgIpc) is 2.88. The molecule has 0 fully saturated rings. The number of aryl methyl sites for hydroxylation is 3. The summed E-state index contributed by atoms with van der Waals surface area (Å²) >= 11 is 0. The molecule has 2 heterocycles. The monoisotopic (exact) mass is 290 g/mol. The van der Waals surface area contributed by atoms with Gasteiger partial charge in [-0.1, -0.05) is 0 Å². The number of aromatic nitrogens is 3. The number of rotatable bonds is 7. The van der Waals surface area contributed by atoms with Gasteiger partial charge < -0.3 is 20.1 Å². The standard InChI is InChI=1S/C15H22N4O2/c1-11-8-19(10-18-11)5-3-4-16-7-14-13(9-20)6-17-12(2)15(14)21/h6,8,10,16,20-21H,3-5,7,9H2,1-2H3. The van der Waals surface area contributed by atoms with Crippen LogP contribution in [0.1, 0.15) is 28.9 Å². The number of hydrogen-bond donors (Lipinski definition) is 3. The van der Waals surface area contributed by atoms with E-state index in [2.05, 4.69) is 19.9 Å². The number of aromatic hydroxyl groups is 1. The second-order valence-electron chi connectivity index (χ2n) is 5.14. The Morgan fingerprint density at radius 2 is 2.10 bits per heavy atom. The van der Waals surface area contributed by atoms with Crippen LogP contribution in [0.2, 0.25) is 0 Å². The van der Waals surface area contributed by atoms with E-state index in [1.54, 1.807) is 13.1 Å². The summed E-state index contributed by atoms with van der Waals surface area (Å²) in [6, 6.07) is 0. The Kier molecular flexibility index (Phi) is 5.30. The maximum absolute atomic E-state index is 10.0. The minimum atomic E-state index is -0.119. The van der Waals surface area contributed by atoms with E-state index in [-0.39, 0.29) is 12.4 Å². The maximum atomic E-state index is 10.0. The molecule has 0 aliphatic carbocycles. The lowest BCUT2D eigenvalue weighted by atomic mass is 10.1. The fourth-order valence-corrected chi connectivity index (χ4v) is 2.21. The van der Waals surface area contributed by atoms with Crippen LogP contribution in [0.5, 0.6) is 5.75 Å². The number of imidazole rings is 1. The van der Waals surface area contributed by atoms with E-state index in [0.717, 1.165) is 30.8 Å². The summed E-state index contributed by atoms with van der Waals surface area (Å²) in [6.07, 6.45) is 6.43. The summed E-state index contributed by atoms with van der Waals surface area (Å²) in [5.41, 5.74) is 2.99. The Balaban J connectivity index is 1.82. The fourth-order valence-electron chi connectivity index (χ4n) is 2.21. The van der Waals surface area contributed by atoms with Crippen molar-refractivity contribution in [1.82, 2.24) is 19.9 Å². The van der Waals surface area contributed by atoms with E-state index in [1.165, 1.54) is 0 Å². The predicted octanol–water partition coefficient (Wildman–Crippen LogP) is 1.27. The molecule has 2 aromatic rings. The first-order valence-corrected chi connectivity index (χ1v) is 7.08. The van der Waals surface area contributed by atoms with Gasteiger partial charge >= 0.3 is 0 Å². The molecule has 3 N–H and O–H groups in total. The highest BCUT2D eigenvalue weighted by Crippen LogP contribution is 2.23. The van der Waals surface area contributed by atoms with E-state index < -0.39 is 0 Å². The molecule has 0 aromatic carbocycles. The molecule has 0 aliphatic rings. The van der Waals surface area contributed by atoms with E-state index in [1.807, 2.05) is 19.4 Å². The van der Waals surface area contributed by atoms with Gasteiger partial charge in [-0.2, -0.15) is 0 Å². The Bertz CT molecular complexity index is 595. The SMILES string of the molecule is Cc1cn(CCCNCc2c(CO)cnc(C)c2O)cn1. The summed E-state index contributed by atoms with van der Waals surface area (Å²) in [7, 11) is 0. The third kappa shape index (κ3) is 4.03. The van der Waals surface area contributed by atoms with Crippen molar-refractivity contribution < 1.29 is 10.2 Å². The van der Waals surface area contributed by atoms with Crippen molar-refractivity contribution in [2.45, 2.75) is 40.0 Å². The van der Waals surface area contributed by atoms with Gasteiger partial charge in [-0.25, -0.2) is 4.98 Å². The minimum Gasteiger partial charge on any atom is -0.506 e. The van der Waals surface area contributed by atoms with Gasteiger partial charge in [0.15, 0.2) is 0 Å².